The molecule has 0 fully saturated rings. The Balaban J connectivity index is 2.41. The predicted octanol–water partition coefficient (Wildman–Crippen LogP) is 4.33. The van der Waals surface area contributed by atoms with Crippen molar-refractivity contribution in [3.05, 3.63) is 70.8 Å². The van der Waals surface area contributed by atoms with Crippen LogP contribution in [0.2, 0.25) is 0 Å². The average molecular weight is 297 g/mol. The third-order valence-electron chi connectivity index (χ3n) is 3.15. The Morgan fingerprint density at radius 1 is 0.810 bits per heavy atom. The molecule has 2 rings (SSSR count). The largest absolute Gasteiger partial charge is 0.306 e. The molecular formula is C16H15F4N. The van der Waals surface area contributed by atoms with E-state index in [0.29, 0.717) is 17.7 Å². The maximum absolute atomic E-state index is 13.4. The first-order chi connectivity index (χ1) is 10.0. The first kappa shape index (κ1) is 15.5. The minimum absolute atomic E-state index is 0.452. The van der Waals surface area contributed by atoms with Gasteiger partial charge in [-0.1, -0.05) is 19.1 Å². The SMILES string of the molecule is CCCNC(c1ccc(F)c(F)c1)c1ccc(F)c(F)c1. The number of nitrogens with one attached hydrogen (secondary N) is 1. The van der Waals surface area contributed by atoms with Crippen LogP contribution in [0.5, 0.6) is 0 Å². The maximum Gasteiger partial charge on any atom is 0.159 e. The zero-order valence-corrected chi connectivity index (χ0v) is 11.5. The minimum atomic E-state index is -0.974. The standard InChI is InChI=1S/C16H15F4N/c1-2-7-21-16(10-3-5-12(17)14(19)8-10)11-4-6-13(18)15(20)9-11/h3-6,8-9,16,21H,2,7H2,1H3. The summed E-state index contributed by atoms with van der Waals surface area (Å²) in [6.45, 7) is 2.54. The van der Waals surface area contributed by atoms with E-state index in [-0.39, 0.29) is 0 Å². The molecule has 112 valence electrons. The maximum atomic E-state index is 13.4. The zero-order chi connectivity index (χ0) is 15.4. The molecule has 0 unspecified atom stereocenters. The lowest BCUT2D eigenvalue weighted by molar-refractivity contribution is 0.498. The molecule has 0 aromatic heterocycles. The topological polar surface area (TPSA) is 12.0 Å². The highest BCUT2D eigenvalue weighted by atomic mass is 19.2. The molecule has 0 saturated heterocycles. The van der Waals surface area contributed by atoms with Crippen LogP contribution in [-0.4, -0.2) is 6.54 Å². The number of rotatable bonds is 5. The Morgan fingerprint density at radius 3 is 1.67 bits per heavy atom. The second-order valence-electron chi connectivity index (χ2n) is 4.73. The van der Waals surface area contributed by atoms with E-state index in [1.54, 1.807) is 0 Å². The van der Waals surface area contributed by atoms with Crippen LogP contribution in [0, 0.1) is 23.3 Å². The van der Waals surface area contributed by atoms with Crippen LogP contribution in [0.25, 0.3) is 0 Å². The molecule has 0 amide bonds. The van der Waals surface area contributed by atoms with Crippen molar-refractivity contribution in [3.8, 4) is 0 Å². The van der Waals surface area contributed by atoms with Crippen LogP contribution in [-0.2, 0) is 0 Å². The van der Waals surface area contributed by atoms with Gasteiger partial charge in [0.1, 0.15) is 0 Å². The zero-order valence-electron chi connectivity index (χ0n) is 11.5. The van der Waals surface area contributed by atoms with Crippen LogP contribution in [0.4, 0.5) is 17.6 Å². The summed E-state index contributed by atoms with van der Waals surface area (Å²) < 4.78 is 52.8. The molecule has 0 aliphatic rings. The number of hydrogen-bond acceptors (Lipinski definition) is 1. The van der Waals surface area contributed by atoms with Gasteiger partial charge < -0.3 is 5.32 Å². The van der Waals surface area contributed by atoms with Gasteiger partial charge in [0.15, 0.2) is 23.3 Å². The lowest BCUT2D eigenvalue weighted by Crippen LogP contribution is -2.23. The predicted molar refractivity (Wildman–Crippen MR) is 72.9 cm³/mol. The molecule has 5 heteroatoms. The van der Waals surface area contributed by atoms with E-state index in [4.69, 9.17) is 0 Å². The van der Waals surface area contributed by atoms with Crippen LogP contribution < -0.4 is 5.32 Å². The van der Waals surface area contributed by atoms with Crippen molar-refractivity contribution in [2.24, 2.45) is 0 Å². The molecule has 1 N–H and O–H groups in total. The summed E-state index contributed by atoms with van der Waals surface area (Å²) in [5, 5.41) is 3.12. The van der Waals surface area contributed by atoms with Gasteiger partial charge in [-0.05, 0) is 48.4 Å². The molecule has 0 bridgehead atoms. The van der Waals surface area contributed by atoms with Gasteiger partial charge in [-0.3, -0.25) is 0 Å². The van der Waals surface area contributed by atoms with Crippen LogP contribution in [0.3, 0.4) is 0 Å². The number of hydrogen-bond donors (Lipinski definition) is 1. The highest BCUT2D eigenvalue weighted by molar-refractivity contribution is 5.33. The Bertz CT molecular complexity index is 576. The van der Waals surface area contributed by atoms with Crippen molar-refractivity contribution >= 4 is 0 Å². The molecule has 1 nitrogen and oxygen atoms in total. The fraction of sp³-hybridized carbons (Fsp3) is 0.250. The van der Waals surface area contributed by atoms with Crippen LogP contribution >= 0.6 is 0 Å². The summed E-state index contributed by atoms with van der Waals surface area (Å²) in [5.41, 5.74) is 0.904. The summed E-state index contributed by atoms with van der Waals surface area (Å²) in [7, 11) is 0. The van der Waals surface area contributed by atoms with Gasteiger partial charge in [0, 0.05) is 0 Å². The lowest BCUT2D eigenvalue weighted by Gasteiger charge is -2.20. The molecule has 2 aromatic carbocycles. The van der Waals surface area contributed by atoms with Crippen molar-refractivity contribution in [2.75, 3.05) is 6.54 Å². The number of halogens is 4. The van der Waals surface area contributed by atoms with E-state index < -0.39 is 29.3 Å². The summed E-state index contributed by atoms with van der Waals surface area (Å²) in [6, 6.07) is 6.47. The molecule has 0 heterocycles. The van der Waals surface area contributed by atoms with Crippen molar-refractivity contribution in [1.82, 2.24) is 5.32 Å². The highest BCUT2D eigenvalue weighted by Crippen LogP contribution is 2.25. The van der Waals surface area contributed by atoms with Crippen LogP contribution in [0.1, 0.15) is 30.5 Å². The van der Waals surface area contributed by atoms with Gasteiger partial charge >= 0.3 is 0 Å². The van der Waals surface area contributed by atoms with Gasteiger partial charge in [-0.2, -0.15) is 0 Å². The Morgan fingerprint density at radius 2 is 1.29 bits per heavy atom. The molecule has 0 atom stereocenters. The van der Waals surface area contributed by atoms with E-state index in [1.807, 2.05) is 6.92 Å². The molecule has 21 heavy (non-hydrogen) atoms. The third-order valence-corrected chi connectivity index (χ3v) is 3.15. The Labute approximate surface area is 120 Å². The smallest absolute Gasteiger partial charge is 0.159 e. The fourth-order valence-corrected chi connectivity index (χ4v) is 2.10. The second kappa shape index (κ2) is 6.72. The quantitative estimate of drug-likeness (QED) is 0.810. The van der Waals surface area contributed by atoms with E-state index in [9.17, 15) is 17.6 Å². The van der Waals surface area contributed by atoms with E-state index in [2.05, 4.69) is 5.32 Å². The summed E-state index contributed by atoms with van der Waals surface area (Å²) >= 11 is 0. The molecule has 0 saturated carbocycles. The lowest BCUT2D eigenvalue weighted by atomic mass is 9.98. The molecule has 0 radical (unpaired) electrons. The summed E-state index contributed by atoms with van der Waals surface area (Å²) in [4.78, 5) is 0. The Kier molecular flexibility index (Phi) is 4.96. The van der Waals surface area contributed by atoms with E-state index >= 15 is 0 Å². The van der Waals surface area contributed by atoms with Gasteiger partial charge in [0.05, 0.1) is 6.04 Å². The monoisotopic (exact) mass is 297 g/mol. The van der Waals surface area contributed by atoms with Gasteiger partial charge in [-0.15, -0.1) is 0 Å². The van der Waals surface area contributed by atoms with E-state index in [0.717, 1.165) is 30.7 Å². The molecule has 2 aromatic rings. The minimum Gasteiger partial charge on any atom is -0.306 e. The van der Waals surface area contributed by atoms with Crippen molar-refractivity contribution in [2.45, 2.75) is 19.4 Å². The highest BCUT2D eigenvalue weighted by Gasteiger charge is 2.17. The molecule has 0 aliphatic carbocycles. The summed E-state index contributed by atoms with van der Waals surface area (Å²) in [6.07, 6.45) is 0.809. The van der Waals surface area contributed by atoms with Crippen molar-refractivity contribution < 1.29 is 17.6 Å². The first-order valence-corrected chi connectivity index (χ1v) is 6.66. The fourth-order valence-electron chi connectivity index (χ4n) is 2.10. The van der Waals surface area contributed by atoms with E-state index in [1.165, 1.54) is 12.1 Å². The van der Waals surface area contributed by atoms with Crippen molar-refractivity contribution in [1.29, 1.82) is 0 Å². The average Bonchev–Trinajstić information content (AvgIpc) is 2.46. The second-order valence-corrected chi connectivity index (χ2v) is 4.73. The van der Waals surface area contributed by atoms with Gasteiger partial charge in [0.25, 0.3) is 0 Å². The van der Waals surface area contributed by atoms with Gasteiger partial charge in [-0.25, -0.2) is 17.6 Å². The summed E-state index contributed by atoms with van der Waals surface area (Å²) in [5.74, 6) is -3.84. The molecule has 0 spiro atoms. The Hall–Kier alpha value is -1.88. The molecular weight excluding hydrogens is 282 g/mol. The third kappa shape index (κ3) is 3.61. The van der Waals surface area contributed by atoms with Gasteiger partial charge in [0.2, 0.25) is 0 Å². The number of benzene rings is 2. The first-order valence-electron chi connectivity index (χ1n) is 6.66. The van der Waals surface area contributed by atoms with Crippen molar-refractivity contribution in [3.63, 3.8) is 0 Å². The normalized spacial score (nSPS) is 11.1. The molecule has 0 aliphatic heterocycles. The van der Waals surface area contributed by atoms with Crippen LogP contribution in [0.15, 0.2) is 36.4 Å².